The predicted octanol–water partition coefficient (Wildman–Crippen LogP) is 4.66. The maximum Gasteiger partial charge on any atom is 0.219 e. The summed E-state index contributed by atoms with van der Waals surface area (Å²) in [6.45, 7) is 4.35. The lowest BCUT2D eigenvalue weighted by Crippen LogP contribution is -2.23. The molecular formula is C16H19BrN2OS. The van der Waals surface area contributed by atoms with Crippen molar-refractivity contribution in [3.8, 4) is 0 Å². The van der Waals surface area contributed by atoms with E-state index >= 15 is 0 Å². The number of nitrogens with zero attached hydrogens (tertiary/aromatic N) is 1. The lowest BCUT2D eigenvalue weighted by molar-refractivity contribution is -0.128. The van der Waals surface area contributed by atoms with E-state index in [4.69, 9.17) is 0 Å². The molecule has 0 bridgehead atoms. The minimum atomic E-state index is 0.0734. The number of benzene rings is 1. The van der Waals surface area contributed by atoms with Crippen LogP contribution in [-0.2, 0) is 11.3 Å². The van der Waals surface area contributed by atoms with Crippen LogP contribution in [0.4, 0.5) is 5.69 Å². The van der Waals surface area contributed by atoms with Crippen LogP contribution < -0.4 is 5.32 Å². The number of carbonyl (C=O) groups is 1. The second-order valence-corrected chi connectivity index (χ2v) is 6.88. The first-order valence-corrected chi connectivity index (χ1v) is 8.44. The minimum Gasteiger partial charge on any atom is -0.378 e. The fraction of sp³-hybridized carbons (Fsp3) is 0.312. The minimum absolute atomic E-state index is 0.0734. The maximum absolute atomic E-state index is 11.3. The summed E-state index contributed by atoms with van der Waals surface area (Å²) in [4.78, 5) is 14.3. The zero-order valence-corrected chi connectivity index (χ0v) is 14.8. The molecule has 21 heavy (non-hydrogen) atoms. The van der Waals surface area contributed by atoms with Crippen molar-refractivity contribution in [2.75, 3.05) is 12.4 Å². The van der Waals surface area contributed by atoms with E-state index < -0.39 is 0 Å². The average Bonchev–Trinajstić information content (AvgIpc) is 2.85. The molecule has 1 amide bonds. The Morgan fingerprint density at radius 3 is 2.81 bits per heavy atom. The molecule has 1 aromatic heterocycles. The molecule has 0 saturated heterocycles. The Kier molecular flexibility index (Phi) is 5.42. The van der Waals surface area contributed by atoms with Crippen LogP contribution in [-0.4, -0.2) is 17.9 Å². The van der Waals surface area contributed by atoms with Gasteiger partial charge in [0.1, 0.15) is 0 Å². The van der Waals surface area contributed by atoms with Gasteiger partial charge in [0.05, 0.1) is 6.04 Å². The third-order valence-electron chi connectivity index (χ3n) is 3.31. The van der Waals surface area contributed by atoms with E-state index in [1.807, 2.05) is 19.2 Å². The maximum atomic E-state index is 11.3. The highest BCUT2D eigenvalue weighted by Crippen LogP contribution is 2.31. The summed E-state index contributed by atoms with van der Waals surface area (Å²) in [5.41, 5.74) is 2.19. The van der Waals surface area contributed by atoms with Crippen LogP contribution in [0.2, 0.25) is 0 Å². The molecule has 1 heterocycles. The topological polar surface area (TPSA) is 32.3 Å². The van der Waals surface area contributed by atoms with Gasteiger partial charge in [-0.1, -0.05) is 12.1 Å². The summed E-state index contributed by atoms with van der Waals surface area (Å²) in [6.07, 6.45) is 0. The molecule has 112 valence electrons. The van der Waals surface area contributed by atoms with Crippen molar-refractivity contribution in [1.29, 1.82) is 0 Å². The van der Waals surface area contributed by atoms with Gasteiger partial charge < -0.3 is 10.2 Å². The molecule has 3 nitrogen and oxygen atoms in total. The molecule has 1 aromatic carbocycles. The molecule has 2 rings (SSSR count). The van der Waals surface area contributed by atoms with Crippen molar-refractivity contribution in [2.24, 2.45) is 0 Å². The molecule has 0 spiro atoms. The number of anilines is 1. The quantitative estimate of drug-likeness (QED) is 0.834. The van der Waals surface area contributed by atoms with Crippen molar-refractivity contribution in [2.45, 2.75) is 26.4 Å². The van der Waals surface area contributed by atoms with Crippen molar-refractivity contribution >= 4 is 38.9 Å². The molecule has 0 radical (unpaired) electrons. The molecule has 1 atom stereocenters. The Morgan fingerprint density at radius 2 is 2.19 bits per heavy atom. The summed E-state index contributed by atoms with van der Waals surface area (Å²) in [5.74, 6) is 0.0734. The predicted molar refractivity (Wildman–Crippen MR) is 92.6 cm³/mol. The first kappa shape index (κ1) is 16.0. The van der Waals surface area contributed by atoms with Crippen molar-refractivity contribution < 1.29 is 4.79 Å². The molecular weight excluding hydrogens is 348 g/mol. The Labute approximate surface area is 138 Å². The average molecular weight is 367 g/mol. The molecule has 0 aliphatic heterocycles. The highest BCUT2D eigenvalue weighted by molar-refractivity contribution is 9.10. The number of rotatable bonds is 5. The second kappa shape index (κ2) is 7.09. The van der Waals surface area contributed by atoms with Crippen molar-refractivity contribution in [3.63, 3.8) is 0 Å². The van der Waals surface area contributed by atoms with E-state index in [1.165, 1.54) is 4.88 Å². The zero-order chi connectivity index (χ0) is 15.4. The van der Waals surface area contributed by atoms with Gasteiger partial charge in [0.25, 0.3) is 0 Å². The van der Waals surface area contributed by atoms with E-state index in [9.17, 15) is 4.79 Å². The number of hydrogen-bond acceptors (Lipinski definition) is 3. The molecule has 0 saturated carbocycles. The standard InChI is InChI=1S/C16H19BrN2OS/c1-11(16-15(17)7-8-21-16)18-14-6-4-5-13(9-14)10-19(3)12(2)20/h4-9,11,18H,10H2,1-3H3. The van der Waals surface area contributed by atoms with Crippen molar-refractivity contribution in [1.82, 2.24) is 4.90 Å². The van der Waals surface area contributed by atoms with Gasteiger partial charge in [-0.05, 0) is 52.0 Å². The zero-order valence-electron chi connectivity index (χ0n) is 12.4. The SMILES string of the molecule is CC(=O)N(C)Cc1cccc(NC(C)c2sccc2Br)c1. The first-order chi connectivity index (χ1) is 9.97. The van der Waals surface area contributed by atoms with Crippen LogP contribution in [0.3, 0.4) is 0 Å². The van der Waals surface area contributed by atoms with Gasteiger partial charge in [0.2, 0.25) is 5.91 Å². The molecule has 1 N–H and O–H groups in total. The van der Waals surface area contributed by atoms with Gasteiger partial charge in [0, 0.05) is 35.6 Å². The summed E-state index contributed by atoms with van der Waals surface area (Å²) in [7, 11) is 1.81. The van der Waals surface area contributed by atoms with Crippen LogP contribution >= 0.6 is 27.3 Å². The summed E-state index contributed by atoms with van der Waals surface area (Å²) in [6, 6.07) is 10.5. The highest BCUT2D eigenvalue weighted by Gasteiger charge is 2.11. The van der Waals surface area contributed by atoms with E-state index in [0.29, 0.717) is 6.54 Å². The molecule has 1 unspecified atom stereocenters. The fourth-order valence-electron chi connectivity index (χ4n) is 2.07. The normalized spacial score (nSPS) is 12.0. The van der Waals surface area contributed by atoms with Crippen molar-refractivity contribution in [3.05, 3.63) is 50.6 Å². The lowest BCUT2D eigenvalue weighted by atomic mass is 10.1. The van der Waals surface area contributed by atoms with E-state index in [-0.39, 0.29) is 11.9 Å². The summed E-state index contributed by atoms with van der Waals surface area (Å²) >= 11 is 5.30. The monoisotopic (exact) mass is 366 g/mol. The Hall–Kier alpha value is -1.33. The van der Waals surface area contributed by atoms with E-state index in [2.05, 4.69) is 51.7 Å². The fourth-order valence-corrected chi connectivity index (χ4v) is 3.80. The van der Waals surface area contributed by atoms with Crippen LogP contribution in [0.5, 0.6) is 0 Å². The van der Waals surface area contributed by atoms with Gasteiger partial charge in [0.15, 0.2) is 0 Å². The number of hydrogen-bond donors (Lipinski definition) is 1. The second-order valence-electron chi connectivity index (χ2n) is 5.07. The van der Waals surface area contributed by atoms with Gasteiger partial charge in [-0.15, -0.1) is 11.3 Å². The number of amides is 1. The third-order valence-corrected chi connectivity index (χ3v) is 5.36. The van der Waals surface area contributed by atoms with Gasteiger partial charge in [-0.3, -0.25) is 4.79 Å². The number of thiophene rings is 1. The third kappa shape index (κ3) is 4.32. The summed E-state index contributed by atoms with van der Waals surface area (Å²) in [5, 5.41) is 5.58. The molecule has 5 heteroatoms. The Morgan fingerprint density at radius 1 is 1.43 bits per heavy atom. The van der Waals surface area contributed by atoms with Crippen LogP contribution in [0.15, 0.2) is 40.2 Å². The summed E-state index contributed by atoms with van der Waals surface area (Å²) < 4.78 is 1.14. The van der Waals surface area contributed by atoms with Gasteiger partial charge in [-0.25, -0.2) is 0 Å². The molecule has 2 aromatic rings. The molecule has 0 aliphatic rings. The largest absolute Gasteiger partial charge is 0.378 e. The van der Waals surface area contributed by atoms with Crippen LogP contribution in [0, 0.1) is 0 Å². The van der Waals surface area contributed by atoms with E-state index in [1.54, 1.807) is 23.2 Å². The molecule has 0 aliphatic carbocycles. The van der Waals surface area contributed by atoms with Crippen LogP contribution in [0.25, 0.3) is 0 Å². The molecule has 0 fully saturated rings. The van der Waals surface area contributed by atoms with E-state index in [0.717, 1.165) is 15.7 Å². The number of carbonyl (C=O) groups excluding carboxylic acids is 1. The lowest BCUT2D eigenvalue weighted by Gasteiger charge is -2.18. The Bertz CT molecular complexity index is 626. The van der Waals surface area contributed by atoms with Crippen LogP contribution in [0.1, 0.15) is 30.3 Å². The smallest absolute Gasteiger partial charge is 0.219 e. The number of halogens is 1. The first-order valence-electron chi connectivity index (χ1n) is 6.77. The number of nitrogens with one attached hydrogen (secondary N) is 1. The Balaban J connectivity index is 2.07. The van der Waals surface area contributed by atoms with Gasteiger partial charge in [-0.2, -0.15) is 0 Å². The van der Waals surface area contributed by atoms with Gasteiger partial charge >= 0.3 is 0 Å². The highest BCUT2D eigenvalue weighted by atomic mass is 79.9.